The van der Waals surface area contributed by atoms with Gasteiger partial charge < -0.3 is 14.7 Å². The molecule has 0 spiro atoms. The lowest BCUT2D eigenvalue weighted by Crippen LogP contribution is -2.49. The normalized spacial score (nSPS) is 48.5. The van der Waals surface area contributed by atoms with Gasteiger partial charge in [0.2, 0.25) is 0 Å². The molecular weight excluding hydrogens is 354 g/mol. The Morgan fingerprint density at radius 1 is 0.621 bits per heavy atom. The highest BCUT2D eigenvalue weighted by molar-refractivity contribution is 4.96. The van der Waals surface area contributed by atoms with Gasteiger partial charge in [0.05, 0.1) is 0 Å². The fourth-order valence-corrected chi connectivity index (χ4v) is 7.75. The first-order chi connectivity index (χ1) is 13.9. The lowest BCUT2D eigenvalue weighted by Gasteiger charge is -2.46. The Morgan fingerprint density at radius 3 is 1.59 bits per heavy atom. The van der Waals surface area contributed by atoms with Gasteiger partial charge in [0, 0.05) is 30.7 Å². The van der Waals surface area contributed by atoms with Crippen molar-refractivity contribution < 1.29 is 0 Å². The van der Waals surface area contributed by atoms with Crippen LogP contribution in [0.5, 0.6) is 0 Å². The summed E-state index contributed by atoms with van der Waals surface area (Å²) < 4.78 is 0. The molecule has 6 bridgehead atoms. The van der Waals surface area contributed by atoms with Gasteiger partial charge in [-0.15, -0.1) is 0 Å². The van der Waals surface area contributed by atoms with Crippen LogP contribution >= 0.6 is 0 Å². The first-order valence-electron chi connectivity index (χ1n) is 13.1. The van der Waals surface area contributed by atoms with Gasteiger partial charge >= 0.3 is 0 Å². The third-order valence-corrected chi connectivity index (χ3v) is 9.75. The Labute approximate surface area is 181 Å². The van der Waals surface area contributed by atoms with Gasteiger partial charge in [-0.25, -0.2) is 0 Å². The molecule has 7 heterocycles. The van der Waals surface area contributed by atoms with Crippen molar-refractivity contribution in [1.82, 2.24) is 14.7 Å². The topological polar surface area (TPSA) is 9.72 Å². The zero-order valence-electron chi connectivity index (χ0n) is 20.2. The van der Waals surface area contributed by atoms with E-state index in [1.807, 2.05) is 0 Å². The molecule has 29 heavy (non-hydrogen) atoms. The predicted octanol–water partition coefficient (Wildman–Crippen LogP) is 5.11. The van der Waals surface area contributed by atoms with E-state index in [2.05, 4.69) is 49.6 Å². The van der Waals surface area contributed by atoms with Gasteiger partial charge in [-0.1, -0.05) is 27.2 Å². The first kappa shape index (κ1) is 22.1. The lowest BCUT2D eigenvalue weighted by molar-refractivity contribution is 0.0415. The van der Waals surface area contributed by atoms with Crippen molar-refractivity contribution in [2.75, 3.05) is 33.7 Å². The van der Waals surface area contributed by atoms with Crippen LogP contribution in [0.1, 0.15) is 85.0 Å². The molecule has 0 aromatic carbocycles. The summed E-state index contributed by atoms with van der Waals surface area (Å²) in [7, 11) is 4.60. The summed E-state index contributed by atoms with van der Waals surface area (Å²) >= 11 is 0. The molecule has 168 valence electrons. The highest BCUT2D eigenvalue weighted by atomic mass is 15.2. The summed E-state index contributed by atoms with van der Waals surface area (Å²) in [6, 6.07) is 3.75. The van der Waals surface area contributed by atoms with Crippen molar-refractivity contribution in [3.8, 4) is 0 Å². The molecule has 7 saturated heterocycles. The fourth-order valence-electron chi connectivity index (χ4n) is 7.75. The number of nitrogens with zero attached hydrogens (tertiary/aromatic N) is 3. The van der Waals surface area contributed by atoms with E-state index < -0.39 is 0 Å². The molecule has 0 radical (unpaired) electrons. The minimum atomic E-state index is 0.928. The second-order valence-corrected chi connectivity index (χ2v) is 11.8. The van der Waals surface area contributed by atoms with E-state index in [1.54, 1.807) is 0 Å². The van der Waals surface area contributed by atoms with E-state index in [0.717, 1.165) is 47.8 Å². The van der Waals surface area contributed by atoms with E-state index in [9.17, 15) is 0 Å². The van der Waals surface area contributed by atoms with E-state index in [1.165, 1.54) is 83.8 Å². The molecule has 4 unspecified atom stereocenters. The van der Waals surface area contributed by atoms with Crippen molar-refractivity contribution in [1.29, 1.82) is 0 Å². The maximum Gasteiger partial charge on any atom is 0.0122 e. The van der Waals surface area contributed by atoms with Crippen LogP contribution in [0.25, 0.3) is 0 Å². The summed E-state index contributed by atoms with van der Waals surface area (Å²) in [5, 5.41) is 0. The van der Waals surface area contributed by atoms with Gasteiger partial charge in [-0.2, -0.15) is 0 Å². The van der Waals surface area contributed by atoms with Gasteiger partial charge in [0.15, 0.2) is 0 Å². The smallest absolute Gasteiger partial charge is 0.0122 e. The Hall–Kier alpha value is -0.120. The minimum Gasteiger partial charge on any atom is -0.303 e. The summed E-state index contributed by atoms with van der Waals surface area (Å²) in [5.41, 5.74) is 0. The molecule has 3 heteroatoms. The second-order valence-electron chi connectivity index (χ2n) is 11.8. The van der Waals surface area contributed by atoms with Crippen LogP contribution in [0.4, 0.5) is 0 Å². The van der Waals surface area contributed by atoms with E-state index in [-0.39, 0.29) is 0 Å². The van der Waals surface area contributed by atoms with Crippen molar-refractivity contribution >= 4 is 0 Å². The zero-order valence-corrected chi connectivity index (χ0v) is 20.2. The third-order valence-electron chi connectivity index (χ3n) is 9.75. The van der Waals surface area contributed by atoms with Crippen molar-refractivity contribution in [2.24, 2.45) is 23.7 Å². The fraction of sp³-hybridized carbons (Fsp3) is 1.00. The first-order valence-corrected chi connectivity index (χ1v) is 13.1. The summed E-state index contributed by atoms with van der Waals surface area (Å²) in [6.07, 6.45) is 14.6. The second kappa shape index (κ2) is 9.57. The molecule has 0 aromatic rings. The SMILES string of the molecule is CC1CC2CCCC(C1)N2C.C[C@@H]1CN2CCC1CC2.C[C@H]1CC2CCC1N2C. The molecule has 7 rings (SSSR count). The monoisotopic (exact) mass is 403 g/mol. The maximum absolute atomic E-state index is 2.63. The van der Waals surface area contributed by atoms with Crippen LogP contribution < -0.4 is 0 Å². The summed E-state index contributed by atoms with van der Waals surface area (Å²) in [4.78, 5) is 7.80. The molecule has 0 saturated carbocycles. The maximum atomic E-state index is 2.63. The van der Waals surface area contributed by atoms with Crippen molar-refractivity contribution in [3.05, 3.63) is 0 Å². The predicted molar refractivity (Wildman–Crippen MR) is 124 cm³/mol. The number of hydrogen-bond acceptors (Lipinski definition) is 3. The lowest BCUT2D eigenvalue weighted by atomic mass is 9.80. The molecule has 0 amide bonds. The van der Waals surface area contributed by atoms with E-state index in [4.69, 9.17) is 0 Å². The molecule has 6 atom stereocenters. The number of hydrogen-bond donors (Lipinski definition) is 0. The van der Waals surface area contributed by atoms with Gasteiger partial charge in [-0.05, 0) is 109 Å². The molecule has 7 aliphatic rings. The highest BCUT2D eigenvalue weighted by Gasteiger charge is 2.41. The average molecular weight is 404 g/mol. The van der Waals surface area contributed by atoms with Crippen LogP contribution in [0.15, 0.2) is 0 Å². The quantitative estimate of drug-likeness (QED) is 0.557. The number of fused-ring (bicyclic) bond motifs is 7. The van der Waals surface area contributed by atoms with Gasteiger partial charge in [0.1, 0.15) is 0 Å². The summed E-state index contributed by atoms with van der Waals surface area (Å²) in [5.74, 6) is 4.04. The molecule has 0 aliphatic carbocycles. The molecule has 3 nitrogen and oxygen atoms in total. The van der Waals surface area contributed by atoms with Gasteiger partial charge in [-0.3, -0.25) is 0 Å². The Kier molecular flexibility index (Phi) is 7.29. The molecule has 0 aromatic heterocycles. The van der Waals surface area contributed by atoms with Crippen LogP contribution in [0.2, 0.25) is 0 Å². The molecular formula is C26H49N3. The van der Waals surface area contributed by atoms with Crippen molar-refractivity contribution in [3.63, 3.8) is 0 Å². The Balaban J connectivity index is 0.000000107. The van der Waals surface area contributed by atoms with Gasteiger partial charge in [0.25, 0.3) is 0 Å². The molecule has 0 N–H and O–H groups in total. The Morgan fingerprint density at radius 2 is 1.24 bits per heavy atom. The van der Waals surface area contributed by atoms with Crippen LogP contribution in [-0.4, -0.2) is 72.6 Å². The third kappa shape index (κ3) is 5.04. The Bertz CT molecular complexity index is 498. The van der Waals surface area contributed by atoms with Crippen molar-refractivity contribution in [2.45, 2.75) is 109 Å². The minimum absolute atomic E-state index is 0.928. The summed E-state index contributed by atoms with van der Waals surface area (Å²) in [6.45, 7) is 11.4. The largest absolute Gasteiger partial charge is 0.303 e. The average Bonchev–Trinajstić information content (AvgIpc) is 3.18. The van der Waals surface area contributed by atoms with Crippen LogP contribution in [0, 0.1) is 23.7 Å². The molecule has 7 fully saturated rings. The molecule has 7 aliphatic heterocycles. The van der Waals surface area contributed by atoms with E-state index >= 15 is 0 Å². The number of piperidine rings is 5. The standard InChI is InChI=1S/C10H19N.2C8H15N/c1-8-6-9-4-3-5-10(7-8)11(9)2;1-6-5-7-3-4-8(6)9(7)2;1-7-6-9-4-2-8(7)3-5-9/h8-10H,3-7H2,1-2H3;6-8H,3-5H2,1-2H3;7-8H,2-6H2,1H3/t;6-,7?,8?;7-/m.01/s1. The van der Waals surface area contributed by atoms with E-state index in [0.29, 0.717) is 0 Å². The highest BCUT2D eigenvalue weighted by Crippen LogP contribution is 2.39. The van der Waals surface area contributed by atoms with Crippen LogP contribution in [-0.2, 0) is 0 Å². The van der Waals surface area contributed by atoms with Crippen LogP contribution in [0.3, 0.4) is 0 Å². The number of rotatable bonds is 0. The zero-order chi connectivity index (χ0) is 20.5.